The van der Waals surface area contributed by atoms with Gasteiger partial charge < -0.3 is 10.2 Å². The van der Waals surface area contributed by atoms with E-state index in [0.717, 1.165) is 31.5 Å². The first-order valence-corrected chi connectivity index (χ1v) is 8.18. The van der Waals surface area contributed by atoms with Gasteiger partial charge in [-0.1, -0.05) is 19.1 Å². The van der Waals surface area contributed by atoms with Crippen molar-refractivity contribution in [1.82, 2.24) is 9.97 Å². The molecule has 0 unspecified atom stereocenters. The Morgan fingerprint density at radius 1 is 1.26 bits per heavy atom. The highest BCUT2D eigenvalue weighted by Gasteiger charge is 2.27. The number of carbonyl (C=O) groups excluding carboxylic acids is 1. The van der Waals surface area contributed by atoms with Gasteiger partial charge in [0.25, 0.3) is 0 Å². The minimum absolute atomic E-state index is 0.0293. The Balaban J connectivity index is 1.62. The summed E-state index contributed by atoms with van der Waals surface area (Å²) >= 11 is 0. The van der Waals surface area contributed by atoms with Crippen molar-refractivity contribution in [3.63, 3.8) is 0 Å². The Morgan fingerprint density at radius 3 is 2.70 bits per heavy atom. The molecule has 120 valence electrons. The van der Waals surface area contributed by atoms with Crippen molar-refractivity contribution >= 4 is 17.5 Å². The quantitative estimate of drug-likeness (QED) is 0.943. The number of anilines is 2. The van der Waals surface area contributed by atoms with Crippen molar-refractivity contribution in [2.75, 3.05) is 23.3 Å². The highest BCUT2D eigenvalue weighted by Crippen LogP contribution is 2.21. The summed E-state index contributed by atoms with van der Waals surface area (Å²) in [5.41, 5.74) is 2.13. The number of aryl methyl sites for hydroxylation is 1. The molecule has 1 aliphatic rings. The molecule has 2 heterocycles. The summed E-state index contributed by atoms with van der Waals surface area (Å²) in [5, 5.41) is 3.03. The highest BCUT2D eigenvalue weighted by molar-refractivity contribution is 5.93. The van der Waals surface area contributed by atoms with E-state index in [1.165, 1.54) is 5.56 Å². The molecule has 0 aliphatic carbocycles. The summed E-state index contributed by atoms with van der Waals surface area (Å²) in [6.07, 6.45) is 6.36. The minimum Gasteiger partial charge on any atom is -0.340 e. The molecule has 3 rings (SSSR count). The maximum absolute atomic E-state index is 12.5. The predicted octanol–water partition coefficient (Wildman–Crippen LogP) is 2.89. The number of nitrogens with one attached hydrogen (secondary N) is 1. The average Bonchev–Trinajstić information content (AvgIpc) is 2.63. The van der Waals surface area contributed by atoms with E-state index in [1.54, 1.807) is 18.5 Å². The third-order valence-corrected chi connectivity index (χ3v) is 4.26. The Kier molecular flexibility index (Phi) is 4.86. The fraction of sp³-hybridized carbons (Fsp3) is 0.389. The molecular weight excluding hydrogens is 288 g/mol. The summed E-state index contributed by atoms with van der Waals surface area (Å²) in [4.78, 5) is 23.2. The molecule has 1 aromatic heterocycles. The van der Waals surface area contributed by atoms with E-state index >= 15 is 0 Å². The van der Waals surface area contributed by atoms with Crippen molar-refractivity contribution in [3.8, 4) is 0 Å². The zero-order valence-electron chi connectivity index (χ0n) is 13.4. The van der Waals surface area contributed by atoms with Gasteiger partial charge in [0.1, 0.15) is 0 Å². The van der Waals surface area contributed by atoms with E-state index < -0.39 is 0 Å². The maximum atomic E-state index is 12.5. The van der Waals surface area contributed by atoms with Crippen molar-refractivity contribution < 1.29 is 4.79 Å². The largest absolute Gasteiger partial charge is 0.340 e. The van der Waals surface area contributed by atoms with Gasteiger partial charge in [-0.2, -0.15) is 0 Å². The van der Waals surface area contributed by atoms with Gasteiger partial charge in [-0.15, -0.1) is 0 Å². The van der Waals surface area contributed by atoms with Crippen LogP contribution in [0.2, 0.25) is 0 Å². The number of hydrogen-bond donors (Lipinski definition) is 1. The van der Waals surface area contributed by atoms with Crippen LogP contribution in [0.4, 0.5) is 11.6 Å². The smallest absolute Gasteiger partial charge is 0.229 e. The third-order valence-electron chi connectivity index (χ3n) is 4.26. The lowest BCUT2D eigenvalue weighted by atomic mass is 9.97. The normalized spacial score (nSPS) is 17.8. The molecule has 23 heavy (non-hydrogen) atoms. The first-order chi connectivity index (χ1) is 11.3. The van der Waals surface area contributed by atoms with Gasteiger partial charge in [0, 0.05) is 31.2 Å². The molecule has 1 aliphatic heterocycles. The highest BCUT2D eigenvalue weighted by atomic mass is 16.1. The number of nitrogens with zero attached hydrogens (tertiary/aromatic N) is 3. The lowest BCUT2D eigenvalue weighted by Gasteiger charge is -2.31. The molecular formula is C18H22N4O. The van der Waals surface area contributed by atoms with Gasteiger partial charge in [0.2, 0.25) is 11.9 Å². The Morgan fingerprint density at radius 2 is 2.00 bits per heavy atom. The number of rotatable bonds is 4. The van der Waals surface area contributed by atoms with E-state index in [2.05, 4.69) is 39.2 Å². The molecule has 1 N–H and O–H groups in total. The first kappa shape index (κ1) is 15.5. The molecule has 0 spiro atoms. The molecule has 5 heteroatoms. The van der Waals surface area contributed by atoms with Gasteiger partial charge in [0.15, 0.2) is 0 Å². The molecule has 5 nitrogen and oxygen atoms in total. The van der Waals surface area contributed by atoms with Gasteiger partial charge in [-0.3, -0.25) is 4.79 Å². The van der Waals surface area contributed by atoms with Crippen LogP contribution in [0.3, 0.4) is 0 Å². The Bertz CT molecular complexity index is 642. The summed E-state index contributed by atoms with van der Waals surface area (Å²) in [7, 11) is 0. The van der Waals surface area contributed by atoms with Crippen molar-refractivity contribution in [2.45, 2.75) is 26.2 Å². The van der Waals surface area contributed by atoms with E-state index in [1.807, 2.05) is 12.1 Å². The van der Waals surface area contributed by atoms with Gasteiger partial charge >= 0.3 is 0 Å². The van der Waals surface area contributed by atoms with Crippen LogP contribution in [-0.4, -0.2) is 29.0 Å². The zero-order chi connectivity index (χ0) is 16.1. The molecule has 1 saturated heterocycles. The third kappa shape index (κ3) is 3.86. The van der Waals surface area contributed by atoms with Crippen LogP contribution < -0.4 is 10.2 Å². The summed E-state index contributed by atoms with van der Waals surface area (Å²) in [6, 6.07) is 9.86. The van der Waals surface area contributed by atoms with Crippen LogP contribution >= 0.6 is 0 Å². The molecule has 0 radical (unpaired) electrons. The standard InChI is InChI=1S/C18H22N4O/c1-2-14-6-8-16(9-7-14)21-17(23)15-5-3-12-22(13-15)18-19-10-4-11-20-18/h4,6-11,15H,2-3,5,12-13H2,1H3,(H,21,23)/t15-/m1/s1. The monoisotopic (exact) mass is 310 g/mol. The summed E-state index contributed by atoms with van der Waals surface area (Å²) in [5.74, 6) is 0.755. The van der Waals surface area contributed by atoms with Crippen LogP contribution in [0, 0.1) is 5.92 Å². The van der Waals surface area contributed by atoms with Crippen molar-refractivity contribution in [1.29, 1.82) is 0 Å². The average molecular weight is 310 g/mol. The topological polar surface area (TPSA) is 58.1 Å². The van der Waals surface area contributed by atoms with Crippen molar-refractivity contribution in [2.24, 2.45) is 5.92 Å². The molecule has 1 fully saturated rings. The van der Waals surface area contributed by atoms with Gasteiger partial charge in [-0.25, -0.2) is 9.97 Å². The second-order valence-corrected chi connectivity index (χ2v) is 5.87. The zero-order valence-corrected chi connectivity index (χ0v) is 13.4. The number of piperidine rings is 1. The second kappa shape index (κ2) is 7.22. The van der Waals surface area contributed by atoms with Crippen LogP contribution in [0.25, 0.3) is 0 Å². The van der Waals surface area contributed by atoms with E-state index in [-0.39, 0.29) is 11.8 Å². The van der Waals surface area contributed by atoms with Crippen LogP contribution in [-0.2, 0) is 11.2 Å². The number of amides is 1. The minimum atomic E-state index is -0.0293. The first-order valence-electron chi connectivity index (χ1n) is 8.18. The fourth-order valence-electron chi connectivity index (χ4n) is 2.90. The molecule has 0 saturated carbocycles. The van der Waals surface area contributed by atoms with Crippen LogP contribution in [0.5, 0.6) is 0 Å². The second-order valence-electron chi connectivity index (χ2n) is 5.87. The molecule has 1 atom stereocenters. The summed E-state index contributed by atoms with van der Waals surface area (Å²) < 4.78 is 0. The molecule has 1 amide bonds. The van der Waals surface area contributed by atoms with Crippen molar-refractivity contribution in [3.05, 3.63) is 48.3 Å². The number of aromatic nitrogens is 2. The maximum Gasteiger partial charge on any atom is 0.229 e. The lowest BCUT2D eigenvalue weighted by molar-refractivity contribution is -0.120. The lowest BCUT2D eigenvalue weighted by Crippen LogP contribution is -2.41. The van der Waals surface area contributed by atoms with Crippen LogP contribution in [0.1, 0.15) is 25.3 Å². The van der Waals surface area contributed by atoms with Gasteiger partial charge in [0.05, 0.1) is 5.92 Å². The SMILES string of the molecule is CCc1ccc(NC(=O)[C@@H]2CCCN(c3ncccn3)C2)cc1. The van der Waals surface area contributed by atoms with E-state index in [4.69, 9.17) is 0 Å². The van der Waals surface area contributed by atoms with Gasteiger partial charge in [-0.05, 0) is 43.0 Å². The molecule has 1 aromatic carbocycles. The Hall–Kier alpha value is -2.43. The van der Waals surface area contributed by atoms with E-state index in [0.29, 0.717) is 12.5 Å². The van der Waals surface area contributed by atoms with Crippen LogP contribution in [0.15, 0.2) is 42.7 Å². The fourth-order valence-corrected chi connectivity index (χ4v) is 2.90. The summed E-state index contributed by atoms with van der Waals surface area (Å²) in [6.45, 7) is 3.69. The van der Waals surface area contributed by atoms with E-state index in [9.17, 15) is 4.79 Å². The molecule has 0 bridgehead atoms. The predicted molar refractivity (Wildman–Crippen MR) is 91.4 cm³/mol. The number of hydrogen-bond acceptors (Lipinski definition) is 4. The number of carbonyl (C=O) groups is 1. The number of benzene rings is 1. The molecule has 2 aromatic rings. The Labute approximate surface area is 136 Å².